The fourth-order valence-electron chi connectivity index (χ4n) is 1.37. The molecule has 104 valence electrons. The Bertz CT molecular complexity index is 698. The maximum atomic E-state index is 11.7. The first-order valence-corrected chi connectivity index (χ1v) is 7.17. The average molecular weight is 293 g/mol. The first-order chi connectivity index (χ1) is 9.41. The summed E-state index contributed by atoms with van der Waals surface area (Å²) in [5.41, 5.74) is 0.287. The van der Waals surface area contributed by atoms with Crippen LogP contribution in [0.1, 0.15) is 18.1 Å². The van der Waals surface area contributed by atoms with Gasteiger partial charge in [0.15, 0.2) is 5.75 Å². The van der Waals surface area contributed by atoms with Crippen molar-refractivity contribution in [3.8, 4) is 12.1 Å². The van der Waals surface area contributed by atoms with E-state index < -0.39 is 21.7 Å². The Morgan fingerprint density at radius 3 is 2.50 bits per heavy atom. The molecular formula is C12H11N3O4S. The van der Waals surface area contributed by atoms with Crippen molar-refractivity contribution in [3.05, 3.63) is 29.3 Å². The van der Waals surface area contributed by atoms with E-state index in [2.05, 4.69) is 9.46 Å². The minimum Gasteiger partial charge on any atom is -0.465 e. The van der Waals surface area contributed by atoms with Gasteiger partial charge >= 0.3 is 5.97 Å². The van der Waals surface area contributed by atoms with Crippen LogP contribution in [0.25, 0.3) is 0 Å². The molecule has 0 aliphatic rings. The minimum atomic E-state index is -3.92. The Labute approximate surface area is 116 Å². The van der Waals surface area contributed by atoms with Gasteiger partial charge in [-0.2, -0.15) is 10.5 Å². The van der Waals surface area contributed by atoms with Crippen LogP contribution in [-0.2, 0) is 19.6 Å². The van der Waals surface area contributed by atoms with Gasteiger partial charge in [-0.1, -0.05) is 0 Å². The highest BCUT2D eigenvalue weighted by Crippen LogP contribution is 2.16. The van der Waals surface area contributed by atoms with Gasteiger partial charge in [-0.3, -0.25) is 9.52 Å². The van der Waals surface area contributed by atoms with Crippen molar-refractivity contribution in [3.63, 3.8) is 0 Å². The average Bonchev–Trinajstić information content (AvgIpc) is 2.37. The third-order valence-corrected chi connectivity index (χ3v) is 3.31. The molecule has 0 aliphatic heterocycles. The molecule has 1 aromatic carbocycles. The van der Waals surface area contributed by atoms with Crippen LogP contribution in [0.2, 0.25) is 0 Å². The minimum absolute atomic E-state index is 0.0452. The zero-order valence-corrected chi connectivity index (χ0v) is 11.4. The van der Waals surface area contributed by atoms with E-state index in [9.17, 15) is 13.2 Å². The fraction of sp³-hybridized carbons (Fsp3) is 0.250. The third kappa shape index (κ3) is 4.26. The van der Waals surface area contributed by atoms with Gasteiger partial charge in [-0.15, -0.1) is 0 Å². The van der Waals surface area contributed by atoms with Crippen LogP contribution in [0.15, 0.2) is 18.2 Å². The van der Waals surface area contributed by atoms with E-state index >= 15 is 0 Å². The number of carbonyl (C=O) groups excluding carboxylic acids is 1. The van der Waals surface area contributed by atoms with Crippen LogP contribution in [-0.4, -0.2) is 26.7 Å². The monoisotopic (exact) mass is 293 g/mol. The number of esters is 1. The molecule has 0 saturated heterocycles. The number of rotatable bonds is 5. The second-order valence-electron chi connectivity index (χ2n) is 3.65. The van der Waals surface area contributed by atoms with Gasteiger partial charge in [-0.25, -0.2) is 8.42 Å². The van der Waals surface area contributed by atoms with Crippen LogP contribution < -0.4 is 4.72 Å². The predicted molar refractivity (Wildman–Crippen MR) is 69.9 cm³/mol. The number of benzene rings is 1. The number of nitrogens with one attached hydrogen (secondary N) is 1. The highest BCUT2D eigenvalue weighted by molar-refractivity contribution is 7.93. The highest BCUT2D eigenvalue weighted by atomic mass is 32.2. The van der Waals surface area contributed by atoms with Crippen molar-refractivity contribution in [1.82, 2.24) is 0 Å². The summed E-state index contributed by atoms with van der Waals surface area (Å²) in [5, 5.41) is 17.6. The summed E-state index contributed by atoms with van der Waals surface area (Å²) in [4.78, 5) is 11.1. The predicted octanol–water partition coefficient (Wildman–Crippen LogP) is 0.735. The van der Waals surface area contributed by atoms with Crippen molar-refractivity contribution in [2.75, 3.05) is 17.1 Å². The van der Waals surface area contributed by atoms with E-state index in [0.29, 0.717) is 0 Å². The first kappa shape index (κ1) is 15.5. The van der Waals surface area contributed by atoms with E-state index in [4.69, 9.17) is 10.5 Å². The largest absolute Gasteiger partial charge is 0.465 e. The van der Waals surface area contributed by atoms with Gasteiger partial charge in [0.05, 0.1) is 17.7 Å². The van der Waals surface area contributed by atoms with Gasteiger partial charge in [0, 0.05) is 5.69 Å². The summed E-state index contributed by atoms with van der Waals surface area (Å²) >= 11 is 0. The maximum Gasteiger partial charge on any atom is 0.323 e. The molecule has 0 bridgehead atoms. The first-order valence-electron chi connectivity index (χ1n) is 5.52. The molecular weight excluding hydrogens is 282 g/mol. The lowest BCUT2D eigenvalue weighted by atomic mass is 10.1. The third-order valence-electron chi connectivity index (χ3n) is 2.15. The molecule has 0 aromatic heterocycles. The number of sulfonamides is 1. The zero-order chi connectivity index (χ0) is 15.2. The molecule has 7 nitrogen and oxygen atoms in total. The van der Waals surface area contributed by atoms with E-state index in [1.54, 1.807) is 13.0 Å². The molecule has 0 aliphatic carbocycles. The summed E-state index contributed by atoms with van der Waals surface area (Å²) in [6, 6.07) is 7.48. The molecule has 0 saturated carbocycles. The fourth-order valence-corrected chi connectivity index (χ4v) is 2.32. The molecule has 0 spiro atoms. The number of hydrogen-bond donors (Lipinski definition) is 1. The van der Waals surface area contributed by atoms with Crippen molar-refractivity contribution < 1.29 is 17.9 Å². The quantitative estimate of drug-likeness (QED) is 0.799. The van der Waals surface area contributed by atoms with Gasteiger partial charge < -0.3 is 4.74 Å². The summed E-state index contributed by atoms with van der Waals surface area (Å²) in [5.74, 6) is -1.68. The molecule has 0 heterocycles. The number of anilines is 1. The van der Waals surface area contributed by atoms with Crippen LogP contribution in [0.4, 0.5) is 5.69 Å². The van der Waals surface area contributed by atoms with Crippen LogP contribution in [0.3, 0.4) is 0 Å². The van der Waals surface area contributed by atoms with Gasteiger partial charge in [0.2, 0.25) is 10.0 Å². The molecule has 0 atom stereocenters. The van der Waals surface area contributed by atoms with Crippen LogP contribution in [0, 0.1) is 22.7 Å². The number of nitrogens with zero attached hydrogens (tertiary/aromatic N) is 2. The molecule has 1 rings (SSSR count). The summed E-state index contributed by atoms with van der Waals surface area (Å²) in [6.07, 6.45) is 0. The Morgan fingerprint density at radius 2 is 1.95 bits per heavy atom. The Hall–Kier alpha value is -2.58. The second-order valence-corrected chi connectivity index (χ2v) is 5.37. The number of carbonyl (C=O) groups is 1. The van der Waals surface area contributed by atoms with Crippen molar-refractivity contribution >= 4 is 21.7 Å². The van der Waals surface area contributed by atoms with Crippen molar-refractivity contribution in [2.45, 2.75) is 6.92 Å². The van der Waals surface area contributed by atoms with Gasteiger partial charge in [-0.05, 0) is 25.1 Å². The van der Waals surface area contributed by atoms with Crippen LogP contribution >= 0.6 is 0 Å². The maximum absolute atomic E-state index is 11.7. The highest BCUT2D eigenvalue weighted by Gasteiger charge is 2.18. The lowest BCUT2D eigenvalue weighted by Crippen LogP contribution is -2.24. The topological polar surface area (TPSA) is 120 Å². The molecule has 0 radical (unpaired) electrons. The van der Waals surface area contributed by atoms with E-state index in [0.717, 1.165) is 0 Å². The normalized spacial score (nSPS) is 10.2. The molecule has 8 heteroatoms. The molecule has 1 N–H and O–H groups in total. The van der Waals surface area contributed by atoms with E-state index in [-0.39, 0.29) is 23.4 Å². The van der Waals surface area contributed by atoms with Gasteiger partial charge in [0.1, 0.15) is 12.1 Å². The van der Waals surface area contributed by atoms with E-state index in [1.165, 1.54) is 18.2 Å². The van der Waals surface area contributed by atoms with Crippen molar-refractivity contribution in [1.29, 1.82) is 10.5 Å². The van der Waals surface area contributed by atoms with E-state index in [1.807, 2.05) is 6.07 Å². The smallest absolute Gasteiger partial charge is 0.323 e. The second kappa shape index (κ2) is 6.55. The molecule has 0 unspecified atom stereocenters. The zero-order valence-electron chi connectivity index (χ0n) is 10.6. The Balaban J connectivity index is 2.91. The summed E-state index contributed by atoms with van der Waals surface area (Å²) in [7, 11) is -3.92. The number of ether oxygens (including phenoxy) is 1. The number of hydrogen-bond acceptors (Lipinski definition) is 6. The van der Waals surface area contributed by atoms with Crippen LogP contribution in [0.5, 0.6) is 0 Å². The van der Waals surface area contributed by atoms with Crippen molar-refractivity contribution in [2.24, 2.45) is 0 Å². The lowest BCUT2D eigenvalue weighted by Gasteiger charge is -2.08. The molecule has 0 fully saturated rings. The Kier molecular flexibility index (Phi) is 5.07. The number of nitriles is 2. The molecule has 20 heavy (non-hydrogen) atoms. The lowest BCUT2D eigenvalue weighted by molar-refractivity contribution is -0.139. The summed E-state index contributed by atoms with van der Waals surface area (Å²) < 4.78 is 30.0. The standard InChI is InChI=1S/C12H11N3O4S/c1-2-19-12(16)8-20(17,18)15-11-4-3-9(6-13)10(5-11)7-14/h3-5,15H,2,8H2,1H3. The SMILES string of the molecule is CCOC(=O)CS(=O)(=O)Nc1ccc(C#N)c(C#N)c1. The van der Waals surface area contributed by atoms with Gasteiger partial charge in [0.25, 0.3) is 0 Å². The summed E-state index contributed by atoms with van der Waals surface area (Å²) in [6.45, 7) is 1.65. The molecule has 1 aromatic rings. The molecule has 0 amide bonds. The Morgan fingerprint density at radius 1 is 1.30 bits per heavy atom.